The molecule has 0 saturated carbocycles. The molecule has 2 aromatic carbocycles. The molecule has 126 valence electrons. The van der Waals surface area contributed by atoms with E-state index in [0.717, 1.165) is 12.0 Å². The van der Waals surface area contributed by atoms with E-state index >= 15 is 0 Å². The first-order valence-corrected chi connectivity index (χ1v) is 8.38. The summed E-state index contributed by atoms with van der Waals surface area (Å²) in [6.07, 6.45) is 2.27. The van der Waals surface area contributed by atoms with Gasteiger partial charge < -0.3 is 5.32 Å². The van der Waals surface area contributed by atoms with E-state index < -0.39 is 17.7 Å². The summed E-state index contributed by atoms with van der Waals surface area (Å²) in [4.78, 5) is 30.6. The molecule has 2 aromatic rings. The van der Waals surface area contributed by atoms with Crippen LogP contribution in [0.15, 0.2) is 59.6 Å². The second kappa shape index (κ2) is 7.36. The Balaban J connectivity index is 1.87. The van der Waals surface area contributed by atoms with Crippen LogP contribution in [0.3, 0.4) is 0 Å². The fourth-order valence-electron chi connectivity index (χ4n) is 2.52. The van der Waals surface area contributed by atoms with E-state index in [-0.39, 0.29) is 5.11 Å². The predicted octanol–water partition coefficient (Wildman–Crippen LogP) is 3.02. The number of rotatable bonds is 4. The van der Waals surface area contributed by atoms with Gasteiger partial charge in [-0.2, -0.15) is 0 Å². The lowest BCUT2D eigenvalue weighted by Crippen LogP contribution is -2.58. The summed E-state index contributed by atoms with van der Waals surface area (Å²) in [5, 5.41) is 2.67. The topological polar surface area (TPSA) is 61.8 Å². The summed E-state index contributed by atoms with van der Waals surface area (Å²) in [5.41, 5.74) is 2.46. The number of para-hydroxylation sites is 1. The summed E-state index contributed by atoms with van der Waals surface area (Å²) in [6, 6.07) is 16.7. The van der Waals surface area contributed by atoms with E-state index in [1.54, 1.807) is 12.1 Å². The monoisotopic (exact) mass is 351 g/mol. The van der Waals surface area contributed by atoms with Crippen LogP contribution in [0.2, 0.25) is 0 Å². The van der Waals surface area contributed by atoms with Crippen molar-refractivity contribution in [1.29, 1.82) is 0 Å². The molecule has 1 N–H and O–H groups in total. The lowest BCUT2D eigenvalue weighted by Gasteiger charge is -2.31. The first-order valence-electron chi connectivity index (χ1n) is 7.97. The minimum Gasteiger partial charge on any atom is -0.301 e. The van der Waals surface area contributed by atoms with Crippen molar-refractivity contribution < 1.29 is 9.59 Å². The van der Waals surface area contributed by atoms with Crippen LogP contribution in [0.4, 0.5) is 11.4 Å². The van der Waals surface area contributed by atoms with E-state index in [2.05, 4.69) is 17.2 Å². The van der Waals surface area contributed by atoms with Crippen molar-refractivity contribution in [3.05, 3.63) is 60.2 Å². The van der Waals surface area contributed by atoms with Gasteiger partial charge in [-0.1, -0.05) is 37.3 Å². The van der Waals surface area contributed by atoms with Crippen LogP contribution in [0.1, 0.15) is 12.5 Å². The minimum atomic E-state index is -1.02. The van der Waals surface area contributed by atoms with Crippen LogP contribution in [0.5, 0.6) is 0 Å². The highest BCUT2D eigenvalue weighted by molar-refractivity contribution is 7.80. The normalized spacial score (nSPS) is 17.9. The van der Waals surface area contributed by atoms with Crippen molar-refractivity contribution in [2.24, 2.45) is 10.9 Å². The number of carbonyl (C=O) groups is 2. The maximum absolute atomic E-state index is 12.8. The molecule has 3 rings (SSSR count). The molecule has 25 heavy (non-hydrogen) atoms. The van der Waals surface area contributed by atoms with Crippen LogP contribution < -0.4 is 10.2 Å². The van der Waals surface area contributed by atoms with Gasteiger partial charge in [0.05, 0.1) is 11.4 Å². The zero-order chi connectivity index (χ0) is 17.8. The van der Waals surface area contributed by atoms with Gasteiger partial charge in [0.15, 0.2) is 11.0 Å². The third-order valence-electron chi connectivity index (χ3n) is 3.93. The largest absolute Gasteiger partial charge is 0.301 e. The predicted molar refractivity (Wildman–Crippen MR) is 102 cm³/mol. The van der Waals surface area contributed by atoms with Gasteiger partial charge in [-0.3, -0.25) is 19.5 Å². The van der Waals surface area contributed by atoms with Gasteiger partial charge in [-0.05, 0) is 48.5 Å². The van der Waals surface area contributed by atoms with Crippen molar-refractivity contribution in [3.8, 4) is 0 Å². The number of hydrogen-bond acceptors (Lipinski definition) is 4. The Kier molecular flexibility index (Phi) is 5.00. The number of thiocarbonyl (C=S) groups is 1. The molecule has 1 heterocycles. The molecule has 0 spiro atoms. The molecule has 1 unspecified atom stereocenters. The van der Waals surface area contributed by atoms with Crippen LogP contribution >= 0.6 is 12.2 Å². The molecule has 6 heteroatoms. The summed E-state index contributed by atoms with van der Waals surface area (Å²) in [5.74, 6) is -1.88. The maximum Gasteiger partial charge on any atom is 0.251 e. The van der Waals surface area contributed by atoms with Gasteiger partial charge in [0, 0.05) is 6.21 Å². The van der Waals surface area contributed by atoms with Crippen LogP contribution in [0.25, 0.3) is 0 Å². The van der Waals surface area contributed by atoms with Gasteiger partial charge >= 0.3 is 0 Å². The summed E-state index contributed by atoms with van der Waals surface area (Å²) < 4.78 is 0. The van der Waals surface area contributed by atoms with Crippen LogP contribution in [0, 0.1) is 5.92 Å². The Morgan fingerprint density at radius 1 is 1.12 bits per heavy atom. The number of anilines is 1. The third kappa shape index (κ3) is 3.64. The smallest absolute Gasteiger partial charge is 0.251 e. The lowest BCUT2D eigenvalue weighted by molar-refractivity contribution is -0.130. The number of nitrogens with zero attached hydrogens (tertiary/aromatic N) is 2. The zero-order valence-corrected chi connectivity index (χ0v) is 14.5. The molecule has 1 aliphatic rings. The molecule has 2 amide bonds. The highest BCUT2D eigenvalue weighted by atomic mass is 32.1. The number of amides is 2. The Morgan fingerprint density at radius 3 is 2.44 bits per heavy atom. The maximum atomic E-state index is 12.8. The van der Waals surface area contributed by atoms with Gasteiger partial charge in [0.1, 0.15) is 0 Å². The number of hydrogen-bond donors (Lipinski definition) is 1. The summed E-state index contributed by atoms with van der Waals surface area (Å²) >= 11 is 5.18. The highest BCUT2D eigenvalue weighted by Crippen LogP contribution is 2.21. The van der Waals surface area contributed by atoms with Gasteiger partial charge in [0.2, 0.25) is 5.91 Å². The SMILES string of the molecule is CCc1ccc(N2C(=O)C(C=Nc3ccccc3)C(=O)NC2=S)cc1. The molecule has 5 nitrogen and oxygen atoms in total. The van der Waals surface area contributed by atoms with Gasteiger partial charge in [-0.15, -0.1) is 0 Å². The van der Waals surface area contributed by atoms with E-state index in [0.29, 0.717) is 11.4 Å². The van der Waals surface area contributed by atoms with E-state index in [1.165, 1.54) is 11.1 Å². The van der Waals surface area contributed by atoms with Gasteiger partial charge in [0.25, 0.3) is 5.91 Å². The summed E-state index contributed by atoms with van der Waals surface area (Å²) in [6.45, 7) is 2.06. The zero-order valence-electron chi connectivity index (χ0n) is 13.7. The first kappa shape index (κ1) is 17.0. The molecule has 0 bridgehead atoms. The van der Waals surface area contributed by atoms with Crippen molar-refractivity contribution in [3.63, 3.8) is 0 Å². The Hall–Kier alpha value is -2.86. The molecule has 0 aromatic heterocycles. The molecule has 0 aliphatic carbocycles. The van der Waals surface area contributed by atoms with Crippen LogP contribution in [-0.2, 0) is 16.0 Å². The third-order valence-corrected chi connectivity index (χ3v) is 4.22. The molecule has 1 aliphatic heterocycles. The first-order chi connectivity index (χ1) is 12.1. The highest BCUT2D eigenvalue weighted by Gasteiger charge is 2.38. The fourth-order valence-corrected chi connectivity index (χ4v) is 2.82. The number of benzene rings is 2. The second-order valence-corrected chi connectivity index (χ2v) is 5.97. The average molecular weight is 351 g/mol. The van der Waals surface area contributed by atoms with Crippen molar-refractivity contribution in [1.82, 2.24) is 5.32 Å². The quantitative estimate of drug-likeness (QED) is 0.523. The molecule has 1 saturated heterocycles. The number of nitrogens with one attached hydrogen (secondary N) is 1. The second-order valence-electron chi connectivity index (χ2n) is 5.58. The molecular weight excluding hydrogens is 334 g/mol. The van der Waals surface area contributed by atoms with Crippen LogP contribution in [-0.4, -0.2) is 23.1 Å². The van der Waals surface area contributed by atoms with Gasteiger partial charge in [-0.25, -0.2) is 0 Å². The Labute approximate surface area is 151 Å². The Bertz CT molecular complexity index is 832. The Morgan fingerprint density at radius 2 is 1.80 bits per heavy atom. The van der Waals surface area contributed by atoms with Crippen molar-refractivity contribution in [2.45, 2.75) is 13.3 Å². The standard InChI is InChI=1S/C19H17N3O2S/c1-2-13-8-10-15(11-9-13)22-18(24)16(17(23)21-19(22)25)12-20-14-6-4-3-5-7-14/h3-12,16H,2H2,1H3,(H,21,23,25). The van der Waals surface area contributed by atoms with E-state index in [4.69, 9.17) is 12.2 Å². The molecular formula is C19H17N3O2S. The molecule has 0 radical (unpaired) electrons. The average Bonchev–Trinajstić information content (AvgIpc) is 2.62. The van der Waals surface area contributed by atoms with E-state index in [1.807, 2.05) is 42.5 Å². The number of aliphatic imine (C=N–C) groups is 1. The molecule has 1 atom stereocenters. The van der Waals surface area contributed by atoms with E-state index in [9.17, 15) is 9.59 Å². The van der Waals surface area contributed by atoms with Crippen molar-refractivity contribution in [2.75, 3.05) is 4.90 Å². The minimum absolute atomic E-state index is 0.0867. The van der Waals surface area contributed by atoms with Crippen molar-refractivity contribution >= 4 is 46.7 Å². The molecule has 1 fully saturated rings. The fraction of sp³-hybridized carbons (Fsp3) is 0.158. The number of carbonyl (C=O) groups excluding carboxylic acids is 2. The number of aryl methyl sites for hydroxylation is 1. The lowest BCUT2D eigenvalue weighted by atomic mass is 10.1. The summed E-state index contributed by atoms with van der Waals surface area (Å²) in [7, 11) is 0.